The number of hydrogen-bond donors (Lipinski definition) is 1. The second-order valence-corrected chi connectivity index (χ2v) is 6.44. The number of fused-ring (bicyclic) bond motifs is 1. The quantitative estimate of drug-likeness (QED) is 0.929. The van der Waals surface area contributed by atoms with E-state index < -0.39 is 0 Å². The predicted molar refractivity (Wildman–Crippen MR) is 80.5 cm³/mol. The maximum absolute atomic E-state index is 12.4. The third-order valence-electron chi connectivity index (χ3n) is 4.10. The van der Waals surface area contributed by atoms with Gasteiger partial charge in [-0.1, -0.05) is 24.6 Å². The lowest BCUT2D eigenvalue weighted by molar-refractivity contribution is -0.123. The maximum Gasteiger partial charge on any atom is 0.140 e. The second kappa shape index (κ2) is 5.43. The molecule has 1 aromatic carbocycles. The first-order valence-electron chi connectivity index (χ1n) is 6.97. The van der Waals surface area contributed by atoms with Crippen LogP contribution in [-0.4, -0.2) is 11.8 Å². The van der Waals surface area contributed by atoms with E-state index in [-0.39, 0.29) is 12.0 Å². The van der Waals surface area contributed by atoms with Crippen LogP contribution in [0.25, 0.3) is 10.1 Å². The molecular formula is C16H19NOS. The zero-order chi connectivity index (χ0) is 13.2. The van der Waals surface area contributed by atoms with E-state index in [1.807, 2.05) is 12.1 Å². The minimum atomic E-state index is 0.183. The van der Waals surface area contributed by atoms with E-state index in [0.717, 1.165) is 25.7 Å². The molecule has 0 saturated heterocycles. The Morgan fingerprint density at radius 2 is 2.16 bits per heavy atom. The van der Waals surface area contributed by atoms with Crippen LogP contribution in [0, 0.1) is 5.92 Å². The largest absolute Gasteiger partial charge is 0.328 e. The van der Waals surface area contributed by atoms with Gasteiger partial charge in [0.25, 0.3) is 0 Å². The molecule has 2 nitrogen and oxygen atoms in total. The van der Waals surface area contributed by atoms with E-state index in [2.05, 4.69) is 17.5 Å². The van der Waals surface area contributed by atoms with Gasteiger partial charge in [-0.05, 0) is 41.7 Å². The van der Waals surface area contributed by atoms with Crippen LogP contribution >= 0.6 is 11.3 Å². The van der Waals surface area contributed by atoms with Gasteiger partial charge in [-0.2, -0.15) is 0 Å². The van der Waals surface area contributed by atoms with E-state index in [1.165, 1.54) is 15.6 Å². The van der Waals surface area contributed by atoms with Crippen molar-refractivity contribution in [3.63, 3.8) is 0 Å². The molecule has 0 spiro atoms. The lowest BCUT2D eigenvalue weighted by Crippen LogP contribution is -2.32. The van der Waals surface area contributed by atoms with Gasteiger partial charge in [0.05, 0.1) is 0 Å². The maximum atomic E-state index is 12.4. The first kappa shape index (κ1) is 12.8. The average molecular weight is 273 g/mol. The predicted octanol–water partition coefficient (Wildman–Crippen LogP) is 3.53. The van der Waals surface area contributed by atoms with Gasteiger partial charge in [0.15, 0.2) is 0 Å². The molecule has 0 radical (unpaired) electrons. The van der Waals surface area contributed by atoms with Crippen molar-refractivity contribution >= 4 is 27.2 Å². The van der Waals surface area contributed by atoms with Gasteiger partial charge in [-0.3, -0.25) is 4.79 Å². The minimum absolute atomic E-state index is 0.183. The summed E-state index contributed by atoms with van der Waals surface area (Å²) in [7, 11) is 0. The Kier molecular flexibility index (Phi) is 3.67. The molecule has 3 rings (SSSR count). The Labute approximate surface area is 117 Å². The molecule has 0 amide bonds. The first-order chi connectivity index (χ1) is 9.24. The molecule has 0 aliphatic heterocycles. The summed E-state index contributed by atoms with van der Waals surface area (Å²) in [6, 6.07) is 8.54. The summed E-state index contributed by atoms with van der Waals surface area (Å²) in [5.74, 6) is 0.557. The molecule has 1 aliphatic carbocycles. The van der Waals surface area contributed by atoms with Gasteiger partial charge in [0, 0.05) is 23.1 Å². The Hall–Kier alpha value is -1.19. The standard InChI is InChI=1S/C16H19NOS/c17-13-5-3-4-11(8-13)15(18)9-12-10-19-16-7-2-1-6-14(12)16/h1-2,6-7,10-11,13H,3-5,8-9,17H2. The van der Waals surface area contributed by atoms with E-state index >= 15 is 0 Å². The summed E-state index contributed by atoms with van der Waals surface area (Å²) < 4.78 is 1.27. The number of thiophene rings is 1. The van der Waals surface area contributed by atoms with E-state index in [0.29, 0.717) is 12.2 Å². The lowest BCUT2D eigenvalue weighted by Gasteiger charge is -2.25. The topological polar surface area (TPSA) is 43.1 Å². The van der Waals surface area contributed by atoms with Gasteiger partial charge in [0.2, 0.25) is 0 Å². The van der Waals surface area contributed by atoms with Gasteiger partial charge in [-0.15, -0.1) is 11.3 Å². The number of Topliss-reactive ketones (excluding diaryl/α,β-unsaturated/α-hetero) is 1. The highest BCUT2D eigenvalue weighted by Gasteiger charge is 2.25. The van der Waals surface area contributed by atoms with Crippen LogP contribution in [0.4, 0.5) is 0 Å². The fourth-order valence-corrected chi connectivity index (χ4v) is 3.98. The molecule has 1 saturated carbocycles. The summed E-state index contributed by atoms with van der Waals surface area (Å²) in [5, 5.41) is 3.37. The van der Waals surface area contributed by atoms with Crippen LogP contribution in [-0.2, 0) is 11.2 Å². The molecular weight excluding hydrogens is 254 g/mol. The van der Waals surface area contributed by atoms with Crippen molar-refractivity contribution in [1.29, 1.82) is 0 Å². The smallest absolute Gasteiger partial charge is 0.140 e. The number of hydrogen-bond acceptors (Lipinski definition) is 3. The van der Waals surface area contributed by atoms with Gasteiger partial charge in [-0.25, -0.2) is 0 Å². The van der Waals surface area contributed by atoms with Crippen molar-refractivity contribution in [2.24, 2.45) is 11.7 Å². The average Bonchev–Trinajstić information content (AvgIpc) is 2.82. The Bertz CT molecular complexity index is 589. The number of ketones is 1. The third kappa shape index (κ3) is 2.72. The number of benzene rings is 1. The number of carbonyl (C=O) groups is 1. The summed E-state index contributed by atoms with van der Waals surface area (Å²) in [5.41, 5.74) is 7.16. The van der Waals surface area contributed by atoms with Crippen molar-refractivity contribution in [1.82, 2.24) is 0 Å². The third-order valence-corrected chi connectivity index (χ3v) is 5.11. The number of carbonyl (C=O) groups excluding carboxylic acids is 1. The molecule has 2 atom stereocenters. The fourth-order valence-electron chi connectivity index (χ4n) is 3.02. The van der Waals surface area contributed by atoms with Crippen molar-refractivity contribution in [3.8, 4) is 0 Å². The van der Waals surface area contributed by atoms with Crippen LogP contribution in [0.2, 0.25) is 0 Å². The van der Waals surface area contributed by atoms with Crippen LogP contribution in [0.5, 0.6) is 0 Å². The van der Waals surface area contributed by atoms with Crippen molar-refractivity contribution in [3.05, 3.63) is 35.2 Å². The highest BCUT2D eigenvalue weighted by molar-refractivity contribution is 7.17. The zero-order valence-electron chi connectivity index (χ0n) is 11.0. The minimum Gasteiger partial charge on any atom is -0.328 e. The molecule has 1 aliphatic rings. The molecule has 100 valence electrons. The van der Waals surface area contributed by atoms with E-state index in [9.17, 15) is 4.79 Å². The highest BCUT2D eigenvalue weighted by Crippen LogP contribution is 2.29. The molecule has 3 heteroatoms. The Morgan fingerprint density at radius 3 is 3.00 bits per heavy atom. The van der Waals surface area contributed by atoms with Gasteiger partial charge >= 0.3 is 0 Å². The molecule has 19 heavy (non-hydrogen) atoms. The fraction of sp³-hybridized carbons (Fsp3) is 0.438. The second-order valence-electron chi connectivity index (χ2n) is 5.52. The number of rotatable bonds is 3. The lowest BCUT2D eigenvalue weighted by atomic mass is 9.82. The van der Waals surface area contributed by atoms with Crippen molar-refractivity contribution in [2.75, 3.05) is 0 Å². The molecule has 1 heterocycles. The SMILES string of the molecule is NC1CCCC(C(=O)Cc2csc3ccccc23)C1. The number of nitrogens with two attached hydrogens (primary N) is 1. The van der Waals surface area contributed by atoms with E-state index in [1.54, 1.807) is 11.3 Å². The normalized spacial score (nSPS) is 23.6. The molecule has 2 N–H and O–H groups in total. The molecule has 1 fully saturated rings. The molecule has 1 aromatic heterocycles. The van der Waals surface area contributed by atoms with Crippen LogP contribution in [0.3, 0.4) is 0 Å². The monoisotopic (exact) mass is 273 g/mol. The van der Waals surface area contributed by atoms with Crippen LogP contribution < -0.4 is 5.73 Å². The summed E-state index contributed by atoms with van der Waals surface area (Å²) >= 11 is 1.73. The highest BCUT2D eigenvalue weighted by atomic mass is 32.1. The molecule has 2 aromatic rings. The molecule has 2 unspecified atom stereocenters. The Morgan fingerprint density at radius 1 is 1.32 bits per heavy atom. The van der Waals surface area contributed by atoms with Crippen molar-refractivity contribution < 1.29 is 4.79 Å². The van der Waals surface area contributed by atoms with Crippen LogP contribution in [0.1, 0.15) is 31.2 Å². The first-order valence-corrected chi connectivity index (χ1v) is 7.85. The van der Waals surface area contributed by atoms with E-state index in [4.69, 9.17) is 5.73 Å². The van der Waals surface area contributed by atoms with Gasteiger partial charge in [0.1, 0.15) is 5.78 Å². The summed E-state index contributed by atoms with van der Waals surface area (Å²) in [6.07, 6.45) is 4.64. The summed E-state index contributed by atoms with van der Waals surface area (Å²) in [6.45, 7) is 0. The zero-order valence-corrected chi connectivity index (χ0v) is 11.8. The van der Waals surface area contributed by atoms with Crippen molar-refractivity contribution in [2.45, 2.75) is 38.1 Å². The summed E-state index contributed by atoms with van der Waals surface area (Å²) in [4.78, 5) is 12.4. The molecule has 0 bridgehead atoms. The van der Waals surface area contributed by atoms with Gasteiger partial charge < -0.3 is 5.73 Å². The Balaban J connectivity index is 1.75. The van der Waals surface area contributed by atoms with Crippen LogP contribution in [0.15, 0.2) is 29.6 Å².